The number of ether oxygens (including phenoxy) is 1. The number of aromatic nitrogens is 5. The second-order valence-electron chi connectivity index (χ2n) is 9.70. The average Bonchev–Trinajstić information content (AvgIpc) is 3.64. The van der Waals surface area contributed by atoms with Gasteiger partial charge in [-0.05, 0) is 56.7 Å². The summed E-state index contributed by atoms with van der Waals surface area (Å²) in [5, 5.41) is 9.36. The maximum absolute atomic E-state index is 14.2. The van der Waals surface area contributed by atoms with Crippen molar-refractivity contribution in [1.29, 1.82) is 0 Å². The van der Waals surface area contributed by atoms with Gasteiger partial charge in [0.15, 0.2) is 11.2 Å². The number of benzene rings is 1. The number of hydrogen-bond acceptors (Lipinski definition) is 6. The Hall–Kier alpha value is -3.79. The van der Waals surface area contributed by atoms with Crippen molar-refractivity contribution in [3.05, 3.63) is 74.8 Å². The Morgan fingerprint density at radius 1 is 1.08 bits per heavy atom. The van der Waals surface area contributed by atoms with Gasteiger partial charge in [-0.3, -0.25) is 13.9 Å². The van der Waals surface area contributed by atoms with Crippen molar-refractivity contribution >= 4 is 11.2 Å². The highest BCUT2D eigenvalue weighted by molar-refractivity contribution is 5.78. The first-order chi connectivity index (χ1) is 17.9. The minimum atomic E-state index is -0.675. The third-order valence-electron chi connectivity index (χ3n) is 6.52. The van der Waals surface area contributed by atoms with E-state index in [1.165, 1.54) is 10.6 Å². The SMILES string of the molecule is CC(C)n1c(=O)n(CCCO)c(=O)c2c1nc(-c1ccc(F)nc1OCC1CC1)n2Cc1ccccc1. The molecule has 0 unspecified atom stereocenters. The van der Waals surface area contributed by atoms with Crippen molar-refractivity contribution in [3.8, 4) is 17.3 Å². The summed E-state index contributed by atoms with van der Waals surface area (Å²) in [5.41, 5.74) is 0.881. The summed E-state index contributed by atoms with van der Waals surface area (Å²) in [4.78, 5) is 35.9. The Labute approximate surface area is 212 Å². The molecule has 1 aromatic carbocycles. The normalized spacial score (nSPS) is 13.5. The zero-order chi connectivity index (χ0) is 26.1. The first-order valence-corrected chi connectivity index (χ1v) is 12.6. The molecule has 3 aromatic heterocycles. The maximum atomic E-state index is 14.2. The van der Waals surface area contributed by atoms with Crippen LogP contribution in [-0.2, 0) is 13.1 Å². The molecule has 1 fully saturated rings. The Bertz CT molecular complexity index is 1540. The van der Waals surface area contributed by atoms with Crippen LogP contribution in [0.15, 0.2) is 52.1 Å². The minimum absolute atomic E-state index is 0.0799. The molecule has 5 rings (SSSR count). The fraction of sp³-hybridized carbons (Fsp3) is 0.407. The van der Waals surface area contributed by atoms with Crippen molar-refractivity contribution < 1.29 is 14.2 Å². The van der Waals surface area contributed by atoms with E-state index >= 15 is 0 Å². The van der Waals surface area contributed by atoms with E-state index in [0.29, 0.717) is 23.9 Å². The summed E-state index contributed by atoms with van der Waals surface area (Å²) in [5.74, 6) is 0.218. The topological polar surface area (TPSA) is 104 Å². The lowest BCUT2D eigenvalue weighted by Gasteiger charge is -2.15. The lowest BCUT2D eigenvalue weighted by atomic mass is 10.2. The van der Waals surface area contributed by atoms with E-state index in [9.17, 15) is 19.1 Å². The van der Waals surface area contributed by atoms with Gasteiger partial charge in [0.25, 0.3) is 5.56 Å². The summed E-state index contributed by atoms with van der Waals surface area (Å²) < 4.78 is 24.5. The molecule has 0 radical (unpaired) electrons. The molecule has 0 atom stereocenters. The molecule has 0 amide bonds. The molecule has 0 aliphatic heterocycles. The smallest absolute Gasteiger partial charge is 0.332 e. The molecule has 0 spiro atoms. The van der Waals surface area contributed by atoms with E-state index < -0.39 is 17.2 Å². The van der Waals surface area contributed by atoms with Crippen molar-refractivity contribution in [2.75, 3.05) is 13.2 Å². The van der Waals surface area contributed by atoms with Crippen LogP contribution >= 0.6 is 0 Å². The monoisotopic (exact) mass is 507 g/mol. The summed E-state index contributed by atoms with van der Waals surface area (Å²) >= 11 is 0. The number of rotatable bonds is 10. The van der Waals surface area contributed by atoms with E-state index in [-0.39, 0.29) is 49.2 Å². The van der Waals surface area contributed by atoms with Crippen LogP contribution in [0.25, 0.3) is 22.6 Å². The summed E-state index contributed by atoms with van der Waals surface area (Å²) in [6, 6.07) is 12.1. The highest BCUT2D eigenvalue weighted by Crippen LogP contribution is 2.34. The Morgan fingerprint density at radius 3 is 2.51 bits per heavy atom. The number of halogens is 1. The first-order valence-electron chi connectivity index (χ1n) is 12.6. The lowest BCUT2D eigenvalue weighted by Crippen LogP contribution is -2.41. The van der Waals surface area contributed by atoms with Gasteiger partial charge >= 0.3 is 5.69 Å². The zero-order valence-corrected chi connectivity index (χ0v) is 20.9. The molecule has 1 aliphatic rings. The largest absolute Gasteiger partial charge is 0.477 e. The minimum Gasteiger partial charge on any atom is -0.477 e. The molecular formula is C27H30FN5O4. The van der Waals surface area contributed by atoms with Gasteiger partial charge in [-0.15, -0.1) is 0 Å². The summed E-state index contributed by atoms with van der Waals surface area (Å²) in [6.45, 7) is 4.34. The van der Waals surface area contributed by atoms with Gasteiger partial charge in [-0.1, -0.05) is 30.3 Å². The number of nitrogens with zero attached hydrogens (tertiary/aromatic N) is 5. The third-order valence-corrected chi connectivity index (χ3v) is 6.52. The van der Waals surface area contributed by atoms with Crippen LogP contribution in [0.2, 0.25) is 0 Å². The number of aliphatic hydroxyl groups excluding tert-OH is 1. The molecule has 3 heterocycles. The van der Waals surface area contributed by atoms with Crippen molar-refractivity contribution in [1.82, 2.24) is 23.7 Å². The second kappa shape index (κ2) is 10.3. The molecule has 1 N–H and O–H groups in total. The quantitative estimate of drug-likeness (QED) is 0.330. The Kier molecular flexibility index (Phi) is 6.92. The fourth-order valence-electron chi connectivity index (χ4n) is 4.45. The molecule has 10 heteroatoms. The zero-order valence-electron chi connectivity index (χ0n) is 20.9. The van der Waals surface area contributed by atoms with Gasteiger partial charge in [0.1, 0.15) is 5.82 Å². The molecule has 4 aromatic rings. The van der Waals surface area contributed by atoms with E-state index in [4.69, 9.17) is 9.72 Å². The predicted octanol–water partition coefficient (Wildman–Crippen LogP) is 3.36. The molecule has 37 heavy (non-hydrogen) atoms. The Balaban J connectivity index is 1.80. The Morgan fingerprint density at radius 2 is 1.84 bits per heavy atom. The first kappa shape index (κ1) is 24.9. The highest BCUT2D eigenvalue weighted by Gasteiger charge is 2.27. The molecule has 0 bridgehead atoms. The summed E-state index contributed by atoms with van der Waals surface area (Å²) in [7, 11) is 0. The number of hydrogen-bond donors (Lipinski definition) is 1. The van der Waals surface area contributed by atoms with Crippen LogP contribution in [0.4, 0.5) is 4.39 Å². The van der Waals surface area contributed by atoms with Crippen molar-refractivity contribution in [2.45, 2.75) is 52.2 Å². The van der Waals surface area contributed by atoms with Crippen LogP contribution in [0.5, 0.6) is 5.88 Å². The molecule has 194 valence electrons. The standard InChI is InChI=1S/C27H30FN5O4/c1-17(2)33-24-22(26(35)31(27(33)36)13-6-14-34)32(15-18-7-4-3-5-8-18)23(30-24)20-11-12-21(28)29-25(20)37-16-19-9-10-19/h3-5,7-8,11-12,17,19,34H,6,9-10,13-16H2,1-2H3. The molecule has 1 aliphatic carbocycles. The van der Waals surface area contributed by atoms with Gasteiger partial charge < -0.3 is 14.4 Å². The number of pyridine rings is 1. The van der Waals surface area contributed by atoms with E-state index in [1.807, 2.05) is 44.2 Å². The molecular weight excluding hydrogens is 477 g/mol. The molecule has 1 saturated carbocycles. The van der Waals surface area contributed by atoms with Crippen LogP contribution in [0.3, 0.4) is 0 Å². The van der Waals surface area contributed by atoms with Crippen LogP contribution in [0.1, 0.15) is 44.7 Å². The number of fused-ring (bicyclic) bond motifs is 1. The van der Waals surface area contributed by atoms with Crippen molar-refractivity contribution in [3.63, 3.8) is 0 Å². The highest BCUT2D eigenvalue weighted by atomic mass is 19.1. The third kappa shape index (κ3) is 4.93. The van der Waals surface area contributed by atoms with Crippen LogP contribution in [-0.4, -0.2) is 42.0 Å². The fourth-order valence-corrected chi connectivity index (χ4v) is 4.45. The van der Waals surface area contributed by atoms with E-state index in [2.05, 4.69) is 4.98 Å². The maximum Gasteiger partial charge on any atom is 0.332 e. The van der Waals surface area contributed by atoms with Gasteiger partial charge in [0.05, 0.1) is 12.2 Å². The van der Waals surface area contributed by atoms with E-state index in [1.54, 1.807) is 10.6 Å². The van der Waals surface area contributed by atoms with Gasteiger partial charge in [0, 0.05) is 25.7 Å². The predicted molar refractivity (Wildman–Crippen MR) is 137 cm³/mol. The van der Waals surface area contributed by atoms with Gasteiger partial charge in [-0.25, -0.2) is 9.78 Å². The van der Waals surface area contributed by atoms with Crippen molar-refractivity contribution in [2.24, 2.45) is 5.92 Å². The average molecular weight is 508 g/mol. The van der Waals surface area contributed by atoms with Crippen LogP contribution in [0, 0.1) is 11.9 Å². The molecule has 9 nitrogen and oxygen atoms in total. The second-order valence-corrected chi connectivity index (χ2v) is 9.70. The van der Waals surface area contributed by atoms with E-state index in [0.717, 1.165) is 23.0 Å². The molecule has 0 saturated heterocycles. The lowest BCUT2D eigenvalue weighted by molar-refractivity contribution is 0.277. The van der Waals surface area contributed by atoms with Gasteiger partial charge in [0.2, 0.25) is 11.8 Å². The van der Waals surface area contributed by atoms with Crippen LogP contribution < -0.4 is 16.0 Å². The van der Waals surface area contributed by atoms with Gasteiger partial charge in [-0.2, -0.15) is 9.37 Å². The summed E-state index contributed by atoms with van der Waals surface area (Å²) in [6.07, 6.45) is 2.38. The number of aliphatic hydroxyl groups is 1. The number of imidazole rings is 1.